The van der Waals surface area contributed by atoms with Crippen LogP contribution in [0, 0.1) is 0 Å². The number of ether oxygens (including phenoxy) is 1. The van der Waals surface area contributed by atoms with Gasteiger partial charge in [0.25, 0.3) is 0 Å². The standard InChI is InChI=1S/C14H20N2O2/c1-18-14(17)16-13-7-4-5-11(10-13)9-12-6-2-3-8-15-12/h4-5,7,10,12,15H,2-3,6,8-9H2,1H3,(H,16,17). The first-order valence-corrected chi connectivity index (χ1v) is 6.45. The molecule has 0 radical (unpaired) electrons. The Bertz CT molecular complexity index is 401. The van der Waals surface area contributed by atoms with Crippen LogP contribution in [-0.4, -0.2) is 25.8 Å². The van der Waals surface area contributed by atoms with E-state index in [0.717, 1.165) is 18.7 Å². The quantitative estimate of drug-likeness (QED) is 0.864. The molecule has 1 aromatic rings. The highest BCUT2D eigenvalue weighted by molar-refractivity contribution is 5.84. The molecule has 1 amide bonds. The Morgan fingerprint density at radius 1 is 1.50 bits per heavy atom. The van der Waals surface area contributed by atoms with Crippen molar-refractivity contribution in [3.63, 3.8) is 0 Å². The van der Waals surface area contributed by atoms with Gasteiger partial charge in [0.2, 0.25) is 0 Å². The van der Waals surface area contributed by atoms with Crippen molar-refractivity contribution >= 4 is 11.8 Å². The van der Waals surface area contributed by atoms with Crippen molar-refractivity contribution in [1.82, 2.24) is 5.32 Å². The van der Waals surface area contributed by atoms with Gasteiger partial charge in [-0.25, -0.2) is 4.79 Å². The highest BCUT2D eigenvalue weighted by Gasteiger charge is 2.13. The number of methoxy groups -OCH3 is 1. The van der Waals surface area contributed by atoms with E-state index in [4.69, 9.17) is 0 Å². The minimum absolute atomic E-state index is 0.428. The number of nitrogens with one attached hydrogen (secondary N) is 2. The van der Waals surface area contributed by atoms with Crippen LogP contribution in [-0.2, 0) is 11.2 Å². The number of anilines is 1. The van der Waals surface area contributed by atoms with Crippen LogP contribution in [0.3, 0.4) is 0 Å². The van der Waals surface area contributed by atoms with Crippen LogP contribution in [0.4, 0.5) is 10.5 Å². The lowest BCUT2D eigenvalue weighted by Gasteiger charge is -2.23. The van der Waals surface area contributed by atoms with E-state index in [0.29, 0.717) is 6.04 Å². The zero-order valence-electron chi connectivity index (χ0n) is 10.7. The molecule has 18 heavy (non-hydrogen) atoms. The van der Waals surface area contributed by atoms with E-state index in [1.807, 2.05) is 18.2 Å². The fourth-order valence-electron chi connectivity index (χ4n) is 2.33. The van der Waals surface area contributed by atoms with Crippen LogP contribution in [0.5, 0.6) is 0 Å². The van der Waals surface area contributed by atoms with Gasteiger partial charge in [0.05, 0.1) is 7.11 Å². The maximum atomic E-state index is 11.1. The molecule has 0 saturated carbocycles. The van der Waals surface area contributed by atoms with Gasteiger partial charge in [-0.15, -0.1) is 0 Å². The molecule has 0 spiro atoms. The predicted molar refractivity (Wildman–Crippen MR) is 71.8 cm³/mol. The first-order valence-electron chi connectivity index (χ1n) is 6.45. The van der Waals surface area contributed by atoms with Crippen LogP contribution in [0.25, 0.3) is 0 Å². The number of hydrogen-bond donors (Lipinski definition) is 2. The van der Waals surface area contributed by atoms with Crippen molar-refractivity contribution in [3.8, 4) is 0 Å². The molecule has 0 bridgehead atoms. The minimum atomic E-state index is -0.428. The smallest absolute Gasteiger partial charge is 0.411 e. The number of hydrogen-bond acceptors (Lipinski definition) is 3. The first-order chi connectivity index (χ1) is 8.78. The van der Waals surface area contributed by atoms with Crippen LogP contribution in [0.15, 0.2) is 24.3 Å². The van der Waals surface area contributed by atoms with Crippen molar-refractivity contribution in [2.45, 2.75) is 31.7 Å². The van der Waals surface area contributed by atoms with Gasteiger partial charge in [0, 0.05) is 11.7 Å². The molecule has 4 nitrogen and oxygen atoms in total. The first kappa shape index (κ1) is 12.9. The summed E-state index contributed by atoms with van der Waals surface area (Å²) >= 11 is 0. The molecule has 1 heterocycles. The van der Waals surface area contributed by atoms with Crippen molar-refractivity contribution < 1.29 is 9.53 Å². The van der Waals surface area contributed by atoms with Crippen molar-refractivity contribution in [1.29, 1.82) is 0 Å². The molecule has 98 valence electrons. The summed E-state index contributed by atoms with van der Waals surface area (Å²) in [5.74, 6) is 0. The molecular weight excluding hydrogens is 228 g/mol. The largest absolute Gasteiger partial charge is 0.453 e. The predicted octanol–water partition coefficient (Wildman–Crippen LogP) is 2.55. The normalized spacial score (nSPS) is 19.3. The third kappa shape index (κ3) is 3.74. The molecule has 2 N–H and O–H groups in total. The Morgan fingerprint density at radius 2 is 2.39 bits per heavy atom. The number of benzene rings is 1. The van der Waals surface area contributed by atoms with Crippen molar-refractivity contribution in [2.75, 3.05) is 19.0 Å². The topological polar surface area (TPSA) is 50.4 Å². The maximum Gasteiger partial charge on any atom is 0.411 e. The average Bonchev–Trinajstić information content (AvgIpc) is 2.40. The lowest BCUT2D eigenvalue weighted by atomic mass is 9.97. The van der Waals surface area contributed by atoms with Gasteiger partial charge in [-0.2, -0.15) is 0 Å². The molecule has 1 saturated heterocycles. The maximum absolute atomic E-state index is 11.1. The highest BCUT2D eigenvalue weighted by Crippen LogP contribution is 2.16. The average molecular weight is 248 g/mol. The molecule has 1 aromatic carbocycles. The third-order valence-corrected chi connectivity index (χ3v) is 3.25. The second kappa shape index (κ2) is 6.40. The summed E-state index contributed by atoms with van der Waals surface area (Å²) in [7, 11) is 1.37. The zero-order chi connectivity index (χ0) is 12.8. The fourth-order valence-corrected chi connectivity index (χ4v) is 2.33. The van der Waals surface area contributed by atoms with E-state index in [-0.39, 0.29) is 0 Å². The molecule has 0 aromatic heterocycles. The van der Waals surface area contributed by atoms with Gasteiger partial charge in [0.1, 0.15) is 0 Å². The van der Waals surface area contributed by atoms with E-state index in [9.17, 15) is 4.79 Å². The second-order valence-corrected chi connectivity index (χ2v) is 4.67. The van der Waals surface area contributed by atoms with E-state index < -0.39 is 6.09 Å². The summed E-state index contributed by atoms with van der Waals surface area (Å²) in [5.41, 5.74) is 2.03. The van der Waals surface area contributed by atoms with Gasteiger partial charge in [0.15, 0.2) is 0 Å². The van der Waals surface area contributed by atoms with Gasteiger partial charge in [-0.05, 0) is 43.5 Å². The summed E-state index contributed by atoms with van der Waals surface area (Å²) in [4.78, 5) is 11.1. The van der Waals surface area contributed by atoms with Gasteiger partial charge >= 0.3 is 6.09 Å². The lowest BCUT2D eigenvalue weighted by molar-refractivity contribution is 0.187. The number of carbonyl (C=O) groups excluding carboxylic acids is 1. The Labute approximate surface area is 108 Å². The summed E-state index contributed by atoms with van der Waals surface area (Å²) in [6.45, 7) is 1.12. The fraction of sp³-hybridized carbons (Fsp3) is 0.500. The van der Waals surface area contributed by atoms with Gasteiger partial charge < -0.3 is 10.1 Å². The summed E-state index contributed by atoms with van der Waals surface area (Å²) in [6.07, 6.45) is 4.40. The van der Waals surface area contributed by atoms with E-state index in [2.05, 4.69) is 21.4 Å². The Kier molecular flexibility index (Phi) is 4.59. The Hall–Kier alpha value is -1.55. The molecule has 1 fully saturated rings. The third-order valence-electron chi connectivity index (χ3n) is 3.25. The van der Waals surface area contributed by atoms with E-state index in [1.165, 1.54) is 31.9 Å². The molecule has 0 aliphatic carbocycles. The lowest BCUT2D eigenvalue weighted by Crippen LogP contribution is -2.35. The summed E-state index contributed by atoms with van der Waals surface area (Å²) in [5, 5.41) is 6.21. The van der Waals surface area contributed by atoms with E-state index >= 15 is 0 Å². The van der Waals surface area contributed by atoms with Crippen LogP contribution >= 0.6 is 0 Å². The molecule has 1 aliphatic rings. The highest BCUT2D eigenvalue weighted by atomic mass is 16.5. The SMILES string of the molecule is COC(=O)Nc1cccc(CC2CCCCN2)c1. The number of rotatable bonds is 3. The van der Waals surface area contributed by atoms with Crippen LogP contribution in [0.2, 0.25) is 0 Å². The summed E-state index contributed by atoms with van der Waals surface area (Å²) in [6, 6.07) is 8.50. The second-order valence-electron chi connectivity index (χ2n) is 4.67. The molecule has 1 atom stereocenters. The Morgan fingerprint density at radius 3 is 3.11 bits per heavy atom. The number of amides is 1. The van der Waals surface area contributed by atoms with Crippen LogP contribution < -0.4 is 10.6 Å². The molecule has 1 aliphatic heterocycles. The van der Waals surface area contributed by atoms with Crippen molar-refractivity contribution in [3.05, 3.63) is 29.8 Å². The zero-order valence-corrected chi connectivity index (χ0v) is 10.7. The molecule has 2 rings (SSSR count). The van der Waals surface area contributed by atoms with E-state index in [1.54, 1.807) is 0 Å². The minimum Gasteiger partial charge on any atom is -0.453 e. The van der Waals surface area contributed by atoms with Crippen molar-refractivity contribution in [2.24, 2.45) is 0 Å². The number of carbonyl (C=O) groups is 1. The van der Waals surface area contributed by atoms with Gasteiger partial charge in [-0.1, -0.05) is 18.6 Å². The van der Waals surface area contributed by atoms with Crippen LogP contribution in [0.1, 0.15) is 24.8 Å². The molecular formula is C14H20N2O2. The molecule has 1 unspecified atom stereocenters. The summed E-state index contributed by atoms with van der Waals surface area (Å²) < 4.78 is 4.58. The molecule has 4 heteroatoms. The Balaban J connectivity index is 1.95. The monoisotopic (exact) mass is 248 g/mol. The number of piperidine rings is 1. The van der Waals surface area contributed by atoms with Gasteiger partial charge in [-0.3, -0.25) is 5.32 Å².